The maximum atomic E-state index is 8.74. The van der Waals surface area contributed by atoms with Crippen LogP contribution in [0.4, 0.5) is 0 Å². The van der Waals surface area contributed by atoms with Gasteiger partial charge in [-0.15, -0.1) is 0 Å². The highest BCUT2D eigenvalue weighted by Crippen LogP contribution is 2.15. The fraction of sp³-hybridized carbons (Fsp3) is 0.333. The smallest absolute Gasteiger partial charge is 0.394 e. The summed E-state index contributed by atoms with van der Waals surface area (Å²) >= 11 is 5.70. The van der Waals surface area contributed by atoms with Crippen LogP contribution in [0.3, 0.4) is 0 Å². The van der Waals surface area contributed by atoms with E-state index in [1.165, 1.54) is 0 Å². The molecule has 1 unspecified atom stereocenters. The Hall–Kier alpha value is -0.900. The van der Waals surface area contributed by atoms with Gasteiger partial charge in [0.15, 0.2) is 0 Å². The van der Waals surface area contributed by atoms with Crippen molar-refractivity contribution in [3.8, 4) is 5.75 Å². The van der Waals surface area contributed by atoms with E-state index < -0.39 is 10.4 Å². The van der Waals surface area contributed by atoms with E-state index in [1.54, 1.807) is 24.3 Å². The fourth-order valence-corrected chi connectivity index (χ4v) is 0.910. The summed E-state index contributed by atoms with van der Waals surface area (Å²) in [6.45, 7) is 2.26. The van der Waals surface area contributed by atoms with Crippen molar-refractivity contribution in [1.29, 1.82) is 0 Å². The van der Waals surface area contributed by atoms with E-state index in [0.29, 0.717) is 11.6 Å². The van der Waals surface area contributed by atoms with Gasteiger partial charge in [-0.05, 0) is 31.2 Å². The minimum absolute atomic E-state index is 0.115. The van der Waals surface area contributed by atoms with Gasteiger partial charge in [-0.3, -0.25) is 13.9 Å². The summed E-state index contributed by atoms with van der Waals surface area (Å²) in [5, 5.41) is 0.690. The highest BCUT2D eigenvalue weighted by atomic mass is 35.5. The van der Waals surface area contributed by atoms with E-state index in [-0.39, 0.29) is 6.10 Å². The Morgan fingerprint density at radius 1 is 1.33 bits per heavy atom. The third-order valence-corrected chi connectivity index (χ3v) is 1.78. The largest absolute Gasteiger partial charge is 0.491 e. The van der Waals surface area contributed by atoms with E-state index in [9.17, 15) is 0 Å². The Bertz CT molecular complexity index is 427. The molecule has 0 aliphatic heterocycles. The summed E-state index contributed by atoms with van der Waals surface area (Å²) in [5.41, 5.74) is 0. The first-order valence-corrected chi connectivity index (χ1v) is 6.43. The van der Waals surface area contributed by atoms with Crippen LogP contribution in [-0.2, 0) is 15.2 Å². The van der Waals surface area contributed by atoms with Crippen LogP contribution in [0.15, 0.2) is 24.3 Å². The molecule has 1 atom stereocenters. The van der Waals surface area contributed by atoms with Gasteiger partial charge in [-0.25, -0.2) is 5.90 Å². The van der Waals surface area contributed by atoms with Crippen LogP contribution in [-0.4, -0.2) is 30.2 Å². The van der Waals surface area contributed by atoms with Gasteiger partial charge in [0.1, 0.15) is 18.5 Å². The molecule has 9 heteroatoms. The van der Waals surface area contributed by atoms with Crippen LogP contribution >= 0.6 is 11.6 Å². The first-order chi connectivity index (χ1) is 8.22. The lowest BCUT2D eigenvalue weighted by Crippen LogP contribution is -2.21. The number of nitrogens with two attached hydrogens (primary N) is 1. The fourth-order valence-electron chi connectivity index (χ4n) is 0.784. The molecule has 1 aromatic rings. The molecule has 0 aromatic heterocycles. The number of benzene rings is 1. The van der Waals surface area contributed by atoms with Gasteiger partial charge in [-0.1, -0.05) is 11.6 Å². The molecule has 0 aliphatic carbocycles. The van der Waals surface area contributed by atoms with Crippen molar-refractivity contribution in [2.75, 3.05) is 6.61 Å². The summed E-state index contributed by atoms with van der Waals surface area (Å²) in [7, 11) is -4.67. The van der Waals surface area contributed by atoms with Gasteiger partial charge in [0, 0.05) is 5.02 Å². The van der Waals surface area contributed by atoms with Crippen LogP contribution in [0.25, 0.3) is 0 Å². The average Bonchev–Trinajstić information content (AvgIpc) is 2.25. The second kappa shape index (κ2) is 8.25. The summed E-state index contributed by atoms with van der Waals surface area (Å²) in [6, 6.07) is 7.13. The Kier molecular flexibility index (Phi) is 7.83. The van der Waals surface area contributed by atoms with Gasteiger partial charge in [0.2, 0.25) is 0 Å². The van der Waals surface area contributed by atoms with E-state index >= 15 is 0 Å². The Labute approximate surface area is 110 Å². The van der Waals surface area contributed by atoms with Crippen molar-refractivity contribution in [2.24, 2.45) is 5.90 Å². The van der Waals surface area contributed by atoms with Gasteiger partial charge in [0.05, 0.1) is 0 Å². The summed E-state index contributed by atoms with van der Waals surface area (Å²) < 4.78 is 36.9. The van der Waals surface area contributed by atoms with E-state index in [4.69, 9.17) is 39.8 Å². The lowest BCUT2D eigenvalue weighted by atomic mass is 10.3. The van der Waals surface area contributed by atoms with Crippen LogP contribution < -0.4 is 10.6 Å². The van der Waals surface area contributed by atoms with Gasteiger partial charge in [0.25, 0.3) is 0 Å². The highest BCUT2D eigenvalue weighted by molar-refractivity contribution is 7.79. The van der Waals surface area contributed by atoms with Crippen molar-refractivity contribution in [1.82, 2.24) is 0 Å². The molecule has 0 heterocycles. The van der Waals surface area contributed by atoms with E-state index in [0.717, 1.165) is 5.75 Å². The number of ether oxygens (including phenoxy) is 1. The third kappa shape index (κ3) is 11.6. The quantitative estimate of drug-likeness (QED) is 0.567. The Morgan fingerprint density at radius 3 is 2.17 bits per heavy atom. The highest BCUT2D eigenvalue weighted by Gasteiger charge is 2.00. The molecular formula is C9H14ClNO6S. The molecule has 4 N–H and O–H groups in total. The monoisotopic (exact) mass is 299 g/mol. The maximum absolute atomic E-state index is 8.74. The Morgan fingerprint density at radius 2 is 1.78 bits per heavy atom. The summed E-state index contributed by atoms with van der Waals surface area (Å²) in [5.74, 6) is 5.72. The zero-order chi connectivity index (χ0) is 14.2. The molecule has 0 amide bonds. The average molecular weight is 300 g/mol. The zero-order valence-corrected chi connectivity index (χ0v) is 11.1. The molecule has 7 nitrogen and oxygen atoms in total. The van der Waals surface area contributed by atoms with Crippen LogP contribution in [0.2, 0.25) is 5.02 Å². The standard InChI is InChI=1S/C9H12ClNO2.H2O4S/c1-7(13-11)6-12-9-4-2-8(10)3-5-9;1-5(2,3)4/h2-5,7H,6,11H2,1H3;(H2,1,2,3,4). The molecule has 0 aliphatic rings. The predicted octanol–water partition coefficient (Wildman–Crippen LogP) is 1.34. The second-order valence-electron chi connectivity index (χ2n) is 3.16. The van der Waals surface area contributed by atoms with Gasteiger partial charge < -0.3 is 4.74 Å². The van der Waals surface area contributed by atoms with Gasteiger partial charge >= 0.3 is 10.4 Å². The SMILES string of the molecule is CC(COc1ccc(Cl)cc1)ON.O=S(=O)(O)O. The number of hydrogen-bond acceptors (Lipinski definition) is 5. The molecule has 18 heavy (non-hydrogen) atoms. The lowest BCUT2D eigenvalue weighted by Gasteiger charge is -2.10. The van der Waals surface area contributed by atoms with Crippen molar-refractivity contribution in [3.05, 3.63) is 29.3 Å². The van der Waals surface area contributed by atoms with Crippen molar-refractivity contribution >= 4 is 22.0 Å². The zero-order valence-electron chi connectivity index (χ0n) is 9.48. The molecule has 0 saturated heterocycles. The molecule has 104 valence electrons. The van der Waals surface area contributed by atoms with Crippen LogP contribution in [0.1, 0.15) is 6.92 Å². The number of rotatable bonds is 4. The van der Waals surface area contributed by atoms with Crippen LogP contribution in [0, 0.1) is 0 Å². The number of halogens is 1. The molecule has 1 rings (SSSR count). The first-order valence-electron chi connectivity index (χ1n) is 4.66. The maximum Gasteiger partial charge on any atom is 0.394 e. The third-order valence-electron chi connectivity index (χ3n) is 1.53. The Balaban J connectivity index is 0.000000494. The molecule has 1 aromatic carbocycles. The first kappa shape index (κ1) is 17.1. The summed E-state index contributed by atoms with van der Waals surface area (Å²) in [4.78, 5) is 4.54. The minimum Gasteiger partial charge on any atom is -0.491 e. The van der Waals surface area contributed by atoms with Crippen LogP contribution in [0.5, 0.6) is 5.75 Å². The van der Waals surface area contributed by atoms with E-state index in [2.05, 4.69) is 4.84 Å². The van der Waals surface area contributed by atoms with Gasteiger partial charge in [-0.2, -0.15) is 8.42 Å². The lowest BCUT2D eigenvalue weighted by molar-refractivity contribution is 0.0319. The molecule has 0 saturated carbocycles. The van der Waals surface area contributed by atoms with Crippen molar-refractivity contribution < 1.29 is 27.1 Å². The van der Waals surface area contributed by atoms with Crippen molar-refractivity contribution in [3.63, 3.8) is 0 Å². The molecular weight excluding hydrogens is 286 g/mol. The molecule has 0 fully saturated rings. The summed E-state index contributed by atoms with van der Waals surface area (Å²) in [6.07, 6.45) is -0.115. The molecule has 0 spiro atoms. The topological polar surface area (TPSA) is 119 Å². The normalized spacial score (nSPS) is 12.3. The minimum atomic E-state index is -4.67. The predicted molar refractivity (Wildman–Crippen MR) is 65.9 cm³/mol. The van der Waals surface area contributed by atoms with E-state index in [1.807, 2.05) is 6.92 Å². The number of hydrogen-bond donors (Lipinski definition) is 3. The second-order valence-corrected chi connectivity index (χ2v) is 4.49. The van der Waals surface area contributed by atoms with Crippen molar-refractivity contribution in [2.45, 2.75) is 13.0 Å². The molecule has 0 bridgehead atoms. The molecule has 0 radical (unpaired) electrons.